The summed E-state index contributed by atoms with van der Waals surface area (Å²) in [5.74, 6) is 0.0862. The van der Waals surface area contributed by atoms with Crippen molar-refractivity contribution >= 4 is 45.1 Å². The molecule has 0 spiro atoms. The number of amides is 1. The Labute approximate surface area is 234 Å². The number of hydrogen-bond donors (Lipinski definition) is 1. The van der Waals surface area contributed by atoms with Gasteiger partial charge in [0.05, 0.1) is 22.5 Å². The van der Waals surface area contributed by atoms with Gasteiger partial charge < -0.3 is 24.2 Å². The standard InChI is InChI=1S/C27H28ClFN8O3/c1-3-21(38)36-9-11-37(12-10-36)25-17-6-7-30-26(40-24-18-14-31-34-20(18)13-19(29)22(24)28)23(17)32-27(33-25)39-15-16-5-4-8-35(16)2/h3,6-7,13-14,16H,1,4-5,8-12,15H2,2H3,(H,31,34). The second kappa shape index (κ2) is 10.9. The van der Waals surface area contributed by atoms with Crippen molar-refractivity contribution in [3.8, 4) is 17.6 Å². The molecular formula is C27H28ClFN8O3. The number of H-pyrrole nitrogens is 1. The van der Waals surface area contributed by atoms with E-state index in [9.17, 15) is 9.18 Å². The van der Waals surface area contributed by atoms with Gasteiger partial charge in [0, 0.05) is 44.5 Å². The first-order valence-electron chi connectivity index (χ1n) is 13.1. The van der Waals surface area contributed by atoms with Crippen LogP contribution in [0.1, 0.15) is 12.8 Å². The van der Waals surface area contributed by atoms with Crippen LogP contribution in [0.4, 0.5) is 10.2 Å². The van der Waals surface area contributed by atoms with Crippen molar-refractivity contribution in [1.29, 1.82) is 0 Å². The lowest BCUT2D eigenvalue weighted by molar-refractivity contribution is -0.126. The molecule has 2 aliphatic rings. The number of aromatic amines is 1. The van der Waals surface area contributed by atoms with Gasteiger partial charge >= 0.3 is 6.01 Å². The second-order valence-corrected chi connectivity index (χ2v) is 10.3. The van der Waals surface area contributed by atoms with Crippen LogP contribution in [0.15, 0.2) is 37.2 Å². The highest BCUT2D eigenvalue weighted by Gasteiger charge is 2.26. The number of likely N-dealkylation sites (tertiary alicyclic amines) is 1. The molecule has 208 valence electrons. The fraction of sp³-hybridized carbons (Fsp3) is 0.370. The Morgan fingerprint density at radius 3 is 2.83 bits per heavy atom. The van der Waals surface area contributed by atoms with Crippen LogP contribution >= 0.6 is 11.6 Å². The molecule has 11 nitrogen and oxygen atoms in total. The maximum Gasteiger partial charge on any atom is 0.319 e. The molecule has 1 unspecified atom stereocenters. The first-order valence-corrected chi connectivity index (χ1v) is 13.5. The van der Waals surface area contributed by atoms with Crippen LogP contribution in [0.2, 0.25) is 5.02 Å². The average molecular weight is 567 g/mol. The molecule has 13 heteroatoms. The summed E-state index contributed by atoms with van der Waals surface area (Å²) in [6.07, 6.45) is 6.56. The largest absolute Gasteiger partial charge is 0.462 e. The number of nitrogens with one attached hydrogen (secondary N) is 1. The molecule has 1 aromatic carbocycles. The monoisotopic (exact) mass is 566 g/mol. The van der Waals surface area contributed by atoms with Crippen molar-refractivity contribution in [3.05, 3.63) is 48.0 Å². The van der Waals surface area contributed by atoms with E-state index in [1.54, 1.807) is 17.2 Å². The number of rotatable bonds is 7. The number of nitrogens with zero attached hydrogens (tertiary/aromatic N) is 7. The third-order valence-electron chi connectivity index (χ3n) is 7.47. The van der Waals surface area contributed by atoms with Gasteiger partial charge in [-0.25, -0.2) is 9.37 Å². The summed E-state index contributed by atoms with van der Waals surface area (Å²) in [4.78, 5) is 32.1. The molecule has 1 amide bonds. The van der Waals surface area contributed by atoms with E-state index in [4.69, 9.17) is 26.1 Å². The summed E-state index contributed by atoms with van der Waals surface area (Å²) in [6, 6.07) is 3.51. The quantitative estimate of drug-likeness (QED) is 0.334. The number of fused-ring (bicyclic) bond motifs is 2. The topological polar surface area (TPSA) is 113 Å². The Balaban J connectivity index is 1.40. The van der Waals surface area contributed by atoms with Crippen molar-refractivity contribution in [1.82, 2.24) is 34.9 Å². The van der Waals surface area contributed by atoms with Gasteiger partial charge in [-0.05, 0) is 38.6 Å². The van der Waals surface area contributed by atoms with Gasteiger partial charge in [0.1, 0.15) is 28.8 Å². The minimum atomic E-state index is -0.652. The molecule has 2 aliphatic heterocycles. The maximum absolute atomic E-state index is 14.6. The van der Waals surface area contributed by atoms with Crippen molar-refractivity contribution in [3.63, 3.8) is 0 Å². The number of pyridine rings is 1. The molecule has 2 saturated heterocycles. The third-order valence-corrected chi connectivity index (χ3v) is 7.83. The minimum Gasteiger partial charge on any atom is -0.462 e. The predicted octanol–water partition coefficient (Wildman–Crippen LogP) is 3.79. The molecule has 0 bridgehead atoms. The minimum absolute atomic E-state index is 0.0807. The van der Waals surface area contributed by atoms with Gasteiger partial charge in [-0.3, -0.25) is 9.89 Å². The van der Waals surface area contributed by atoms with E-state index < -0.39 is 5.82 Å². The summed E-state index contributed by atoms with van der Waals surface area (Å²) in [6.45, 7) is 7.19. The second-order valence-electron chi connectivity index (χ2n) is 9.88. The Hall–Kier alpha value is -4.03. The van der Waals surface area contributed by atoms with Gasteiger partial charge in [-0.15, -0.1) is 0 Å². The number of halogens is 2. The van der Waals surface area contributed by atoms with Crippen molar-refractivity contribution in [2.45, 2.75) is 18.9 Å². The number of ether oxygens (including phenoxy) is 2. The number of hydrogen-bond acceptors (Lipinski definition) is 9. The molecule has 6 rings (SSSR count). The number of piperazine rings is 1. The Morgan fingerprint density at radius 2 is 2.08 bits per heavy atom. The first kappa shape index (κ1) is 26.2. The van der Waals surface area contributed by atoms with Crippen molar-refractivity contribution in [2.75, 3.05) is 51.3 Å². The average Bonchev–Trinajstić information content (AvgIpc) is 3.62. The van der Waals surface area contributed by atoms with E-state index in [0.717, 1.165) is 19.4 Å². The number of carbonyl (C=O) groups excluding carboxylic acids is 1. The van der Waals surface area contributed by atoms with E-state index in [0.29, 0.717) is 60.4 Å². The molecule has 4 aromatic rings. The highest BCUT2D eigenvalue weighted by atomic mass is 35.5. The Morgan fingerprint density at radius 1 is 1.25 bits per heavy atom. The lowest BCUT2D eigenvalue weighted by atomic mass is 10.2. The zero-order valence-electron chi connectivity index (χ0n) is 21.9. The summed E-state index contributed by atoms with van der Waals surface area (Å²) in [5.41, 5.74) is 0.827. The molecule has 1 atom stereocenters. The molecule has 0 aliphatic carbocycles. The number of likely N-dealkylation sites (N-methyl/N-ethyl adjacent to an activating group) is 1. The van der Waals surface area contributed by atoms with E-state index >= 15 is 0 Å². The van der Waals surface area contributed by atoms with Crippen LogP contribution in [0.25, 0.3) is 21.8 Å². The Bertz CT molecular complexity index is 1590. The van der Waals surface area contributed by atoms with Crippen molar-refractivity contribution in [2.24, 2.45) is 0 Å². The van der Waals surface area contributed by atoms with Crippen LogP contribution in [0.5, 0.6) is 17.6 Å². The number of benzene rings is 1. The van der Waals surface area contributed by atoms with Crippen LogP contribution in [-0.4, -0.2) is 93.3 Å². The summed E-state index contributed by atoms with van der Waals surface area (Å²) >= 11 is 6.32. The molecule has 0 saturated carbocycles. The van der Waals surface area contributed by atoms with E-state index in [2.05, 4.69) is 43.6 Å². The molecule has 3 aromatic heterocycles. The summed E-state index contributed by atoms with van der Waals surface area (Å²) in [7, 11) is 2.08. The van der Waals surface area contributed by atoms with Gasteiger partial charge in [0.2, 0.25) is 11.8 Å². The number of carbonyl (C=O) groups is 1. The van der Waals surface area contributed by atoms with Crippen LogP contribution < -0.4 is 14.4 Å². The SMILES string of the molecule is C=CC(=O)N1CCN(c2nc(OCC3CCCN3C)nc3c(Oc4c(Cl)c(F)cc5[nH]ncc45)nccc23)CC1. The normalized spacial score (nSPS) is 18.0. The van der Waals surface area contributed by atoms with Crippen LogP contribution in [0, 0.1) is 5.82 Å². The summed E-state index contributed by atoms with van der Waals surface area (Å²) < 4.78 is 26.9. The van der Waals surface area contributed by atoms with E-state index in [1.165, 1.54) is 18.3 Å². The van der Waals surface area contributed by atoms with Gasteiger partial charge in [0.25, 0.3) is 0 Å². The highest BCUT2D eigenvalue weighted by Crippen LogP contribution is 2.40. The maximum atomic E-state index is 14.6. The van der Waals surface area contributed by atoms with Gasteiger partial charge in [-0.1, -0.05) is 18.2 Å². The molecule has 1 N–H and O–H groups in total. The molecule has 0 radical (unpaired) electrons. The van der Waals surface area contributed by atoms with E-state index in [-0.39, 0.29) is 34.6 Å². The summed E-state index contributed by atoms with van der Waals surface area (Å²) in [5, 5.41) is 7.71. The number of aromatic nitrogens is 5. The predicted molar refractivity (Wildman–Crippen MR) is 149 cm³/mol. The van der Waals surface area contributed by atoms with Gasteiger partial charge in [-0.2, -0.15) is 15.1 Å². The molecule has 40 heavy (non-hydrogen) atoms. The van der Waals surface area contributed by atoms with Crippen molar-refractivity contribution < 1.29 is 18.7 Å². The molecular weight excluding hydrogens is 539 g/mol. The lowest BCUT2D eigenvalue weighted by Gasteiger charge is -2.35. The first-order chi connectivity index (χ1) is 19.4. The smallest absolute Gasteiger partial charge is 0.319 e. The lowest BCUT2D eigenvalue weighted by Crippen LogP contribution is -2.48. The third kappa shape index (κ3) is 4.88. The van der Waals surface area contributed by atoms with Crippen LogP contribution in [-0.2, 0) is 4.79 Å². The zero-order chi connectivity index (χ0) is 27.8. The Kier molecular flexibility index (Phi) is 7.11. The highest BCUT2D eigenvalue weighted by molar-refractivity contribution is 6.33. The molecule has 2 fully saturated rings. The number of anilines is 1. The van der Waals surface area contributed by atoms with E-state index in [1.807, 2.05) is 0 Å². The van der Waals surface area contributed by atoms with Crippen LogP contribution in [0.3, 0.4) is 0 Å². The molecule has 5 heterocycles. The fourth-order valence-electron chi connectivity index (χ4n) is 5.20. The van der Waals surface area contributed by atoms with Gasteiger partial charge in [0.15, 0.2) is 5.75 Å². The fourth-order valence-corrected chi connectivity index (χ4v) is 5.40. The zero-order valence-corrected chi connectivity index (χ0v) is 22.7.